The first-order valence-electron chi connectivity index (χ1n) is 9.11. The lowest BCUT2D eigenvalue weighted by atomic mass is 9.95. The monoisotopic (exact) mass is 370 g/mol. The molecule has 2 aromatic rings. The molecule has 0 saturated heterocycles. The molecule has 26 heavy (non-hydrogen) atoms. The fourth-order valence-electron chi connectivity index (χ4n) is 3.05. The number of hydrogen-bond acceptors (Lipinski definition) is 3. The average Bonchev–Trinajstić information content (AvgIpc) is 2.66. The Labute approximate surface area is 160 Å². The maximum atomic E-state index is 5.71. The molecule has 1 atom stereocenters. The molecule has 0 unspecified atom stereocenters. The van der Waals surface area contributed by atoms with Crippen LogP contribution in [0.2, 0.25) is 0 Å². The number of nitrogens with one attached hydrogen (secondary N) is 2. The Morgan fingerprint density at radius 1 is 1.04 bits per heavy atom. The number of hydrogen-bond donors (Lipinski definition) is 2. The second-order valence-corrected chi connectivity index (χ2v) is 7.17. The summed E-state index contributed by atoms with van der Waals surface area (Å²) in [6.45, 7) is 6.37. The van der Waals surface area contributed by atoms with Gasteiger partial charge in [-0.1, -0.05) is 50.2 Å². The van der Waals surface area contributed by atoms with E-state index in [2.05, 4.69) is 60.9 Å². The highest BCUT2D eigenvalue weighted by atomic mass is 32.1. The summed E-state index contributed by atoms with van der Waals surface area (Å²) in [5, 5.41) is 7.44. The molecule has 0 fully saturated rings. The third kappa shape index (κ3) is 4.88. The van der Waals surface area contributed by atoms with Crippen molar-refractivity contribution in [3.8, 4) is 11.5 Å². The zero-order valence-electron chi connectivity index (χ0n) is 15.3. The summed E-state index contributed by atoms with van der Waals surface area (Å²) in [5.41, 5.74) is 2.45. The quantitative estimate of drug-likeness (QED) is 0.756. The van der Waals surface area contributed by atoms with Gasteiger partial charge in [0.15, 0.2) is 16.6 Å². The van der Waals surface area contributed by atoms with Crippen molar-refractivity contribution in [2.24, 2.45) is 5.92 Å². The van der Waals surface area contributed by atoms with Crippen molar-refractivity contribution < 1.29 is 9.47 Å². The standard InChI is InChI=1S/C21H26N2O2S/c1-15(2)20(17-8-9-18-19(14-17)25-13-12-24-18)23-21(26)22-11-10-16-6-4-3-5-7-16/h3-9,14-15,20H,10-13H2,1-2H3,(H2,22,23,26)/t20-/m1/s1. The molecule has 5 heteroatoms. The molecule has 0 aromatic heterocycles. The van der Waals surface area contributed by atoms with Crippen molar-refractivity contribution in [1.29, 1.82) is 0 Å². The predicted molar refractivity (Wildman–Crippen MR) is 109 cm³/mol. The molecule has 0 bridgehead atoms. The van der Waals surface area contributed by atoms with Crippen LogP contribution in [0.25, 0.3) is 0 Å². The van der Waals surface area contributed by atoms with E-state index in [0.29, 0.717) is 24.2 Å². The van der Waals surface area contributed by atoms with Gasteiger partial charge >= 0.3 is 0 Å². The molecule has 138 valence electrons. The Morgan fingerprint density at radius 3 is 2.50 bits per heavy atom. The minimum Gasteiger partial charge on any atom is -0.486 e. The van der Waals surface area contributed by atoms with Crippen LogP contribution >= 0.6 is 12.2 Å². The van der Waals surface area contributed by atoms with Crippen molar-refractivity contribution in [2.45, 2.75) is 26.3 Å². The van der Waals surface area contributed by atoms with Crippen LogP contribution in [0.15, 0.2) is 48.5 Å². The maximum absolute atomic E-state index is 5.71. The fourth-order valence-corrected chi connectivity index (χ4v) is 3.27. The highest BCUT2D eigenvalue weighted by molar-refractivity contribution is 7.80. The molecule has 2 aromatic carbocycles. The van der Waals surface area contributed by atoms with Crippen molar-refractivity contribution >= 4 is 17.3 Å². The minimum absolute atomic E-state index is 0.113. The Hall–Kier alpha value is -2.27. The molecule has 4 nitrogen and oxygen atoms in total. The zero-order valence-corrected chi connectivity index (χ0v) is 16.1. The normalized spacial score (nSPS) is 14.0. The minimum atomic E-state index is 0.113. The Bertz CT molecular complexity index is 734. The van der Waals surface area contributed by atoms with Gasteiger partial charge in [-0.2, -0.15) is 0 Å². The van der Waals surface area contributed by atoms with Crippen LogP contribution in [0.1, 0.15) is 31.0 Å². The first-order valence-corrected chi connectivity index (χ1v) is 9.52. The van der Waals surface area contributed by atoms with Crippen LogP contribution in [0.5, 0.6) is 11.5 Å². The largest absolute Gasteiger partial charge is 0.486 e. The highest BCUT2D eigenvalue weighted by Gasteiger charge is 2.20. The molecule has 0 radical (unpaired) electrons. The fraction of sp³-hybridized carbons (Fsp3) is 0.381. The average molecular weight is 371 g/mol. The summed E-state index contributed by atoms with van der Waals surface area (Å²) in [5.74, 6) is 2.00. The molecule has 1 aliphatic rings. The number of benzene rings is 2. The van der Waals surface area contributed by atoms with Crippen molar-refractivity contribution in [3.05, 3.63) is 59.7 Å². The van der Waals surface area contributed by atoms with E-state index >= 15 is 0 Å². The first-order chi connectivity index (χ1) is 12.6. The molecular formula is C21H26N2O2S. The van der Waals surface area contributed by atoms with Crippen LogP contribution in [0.3, 0.4) is 0 Å². The zero-order chi connectivity index (χ0) is 18.4. The van der Waals surface area contributed by atoms with Crippen LogP contribution in [0.4, 0.5) is 0 Å². The van der Waals surface area contributed by atoms with Gasteiger partial charge in [0.05, 0.1) is 6.04 Å². The van der Waals surface area contributed by atoms with Gasteiger partial charge in [0.1, 0.15) is 13.2 Å². The van der Waals surface area contributed by atoms with Gasteiger partial charge in [-0.15, -0.1) is 0 Å². The highest BCUT2D eigenvalue weighted by Crippen LogP contribution is 2.34. The summed E-state index contributed by atoms with van der Waals surface area (Å²) < 4.78 is 11.3. The van der Waals surface area contributed by atoms with E-state index < -0.39 is 0 Å². The molecule has 0 spiro atoms. The van der Waals surface area contributed by atoms with E-state index in [9.17, 15) is 0 Å². The lowest BCUT2D eigenvalue weighted by Crippen LogP contribution is -2.40. The number of fused-ring (bicyclic) bond motifs is 1. The third-order valence-corrected chi connectivity index (χ3v) is 4.68. The van der Waals surface area contributed by atoms with Gasteiger partial charge in [0.2, 0.25) is 0 Å². The Morgan fingerprint density at radius 2 is 1.77 bits per heavy atom. The molecule has 0 aliphatic carbocycles. The predicted octanol–water partition coefficient (Wildman–Crippen LogP) is 3.86. The molecule has 1 aliphatic heterocycles. The lowest BCUT2D eigenvalue weighted by molar-refractivity contribution is 0.171. The summed E-state index contributed by atoms with van der Waals surface area (Å²) in [4.78, 5) is 0. The molecule has 2 N–H and O–H groups in total. The van der Waals surface area contributed by atoms with Crippen LogP contribution < -0.4 is 20.1 Å². The van der Waals surface area contributed by atoms with Crippen LogP contribution in [-0.2, 0) is 6.42 Å². The SMILES string of the molecule is CC(C)[C@@H](NC(=S)NCCc1ccccc1)c1ccc2c(c1)OCCO2. The van der Waals surface area contributed by atoms with Crippen molar-refractivity contribution in [2.75, 3.05) is 19.8 Å². The second-order valence-electron chi connectivity index (χ2n) is 6.76. The van der Waals surface area contributed by atoms with Gasteiger partial charge < -0.3 is 20.1 Å². The van der Waals surface area contributed by atoms with Crippen LogP contribution in [-0.4, -0.2) is 24.9 Å². The molecule has 0 amide bonds. The third-order valence-electron chi connectivity index (χ3n) is 4.42. The summed E-state index contributed by atoms with van der Waals surface area (Å²) in [6, 6.07) is 16.6. The Kier molecular flexibility index (Phi) is 6.34. The number of ether oxygens (including phenoxy) is 2. The molecular weight excluding hydrogens is 344 g/mol. The van der Waals surface area contributed by atoms with Gasteiger partial charge in [-0.25, -0.2) is 0 Å². The molecule has 1 heterocycles. The summed E-state index contributed by atoms with van der Waals surface area (Å²) in [7, 11) is 0. The van der Waals surface area contributed by atoms with E-state index in [0.717, 1.165) is 30.0 Å². The van der Waals surface area contributed by atoms with E-state index in [4.69, 9.17) is 21.7 Å². The lowest BCUT2D eigenvalue weighted by Gasteiger charge is -2.26. The van der Waals surface area contributed by atoms with E-state index in [1.807, 2.05) is 12.1 Å². The topological polar surface area (TPSA) is 42.5 Å². The summed E-state index contributed by atoms with van der Waals surface area (Å²) >= 11 is 5.51. The molecule has 3 rings (SSSR count). The number of thiocarbonyl (C=S) groups is 1. The van der Waals surface area contributed by atoms with Gasteiger partial charge in [-0.3, -0.25) is 0 Å². The number of rotatable bonds is 6. The van der Waals surface area contributed by atoms with E-state index in [1.165, 1.54) is 5.56 Å². The van der Waals surface area contributed by atoms with Gasteiger partial charge in [0, 0.05) is 6.54 Å². The summed E-state index contributed by atoms with van der Waals surface area (Å²) in [6.07, 6.45) is 0.943. The van der Waals surface area contributed by atoms with Crippen molar-refractivity contribution in [1.82, 2.24) is 10.6 Å². The Balaban J connectivity index is 1.58. The first kappa shape index (κ1) is 18.5. The second kappa shape index (κ2) is 8.90. The van der Waals surface area contributed by atoms with E-state index in [1.54, 1.807) is 0 Å². The van der Waals surface area contributed by atoms with Crippen molar-refractivity contribution in [3.63, 3.8) is 0 Å². The van der Waals surface area contributed by atoms with E-state index in [-0.39, 0.29) is 6.04 Å². The van der Waals surface area contributed by atoms with Gasteiger partial charge in [-0.05, 0) is 47.8 Å². The van der Waals surface area contributed by atoms with Gasteiger partial charge in [0.25, 0.3) is 0 Å². The maximum Gasteiger partial charge on any atom is 0.166 e. The molecule has 0 saturated carbocycles. The smallest absolute Gasteiger partial charge is 0.166 e. The van der Waals surface area contributed by atoms with Crippen LogP contribution in [0, 0.1) is 5.92 Å².